The number of rotatable bonds is 5. The quantitative estimate of drug-likeness (QED) is 0.881. The van der Waals surface area contributed by atoms with Gasteiger partial charge in [-0.1, -0.05) is 19.1 Å². The topological polar surface area (TPSA) is 24.5 Å². The second-order valence-electron chi connectivity index (χ2n) is 5.46. The van der Waals surface area contributed by atoms with Gasteiger partial charge in [0, 0.05) is 31.7 Å². The highest BCUT2D eigenvalue weighted by molar-refractivity contribution is 5.27. The van der Waals surface area contributed by atoms with Crippen LogP contribution in [0.1, 0.15) is 25.8 Å². The van der Waals surface area contributed by atoms with Gasteiger partial charge >= 0.3 is 0 Å². The van der Waals surface area contributed by atoms with E-state index in [1.165, 1.54) is 12.0 Å². The summed E-state index contributed by atoms with van der Waals surface area (Å²) in [5, 5.41) is 3.57. The van der Waals surface area contributed by atoms with Gasteiger partial charge in [0.1, 0.15) is 5.75 Å². The summed E-state index contributed by atoms with van der Waals surface area (Å²) in [5.74, 6) is 0.936. The Morgan fingerprint density at radius 1 is 1.32 bits per heavy atom. The summed E-state index contributed by atoms with van der Waals surface area (Å²) in [4.78, 5) is 2.63. The second kappa shape index (κ2) is 6.92. The molecule has 3 nitrogen and oxygen atoms in total. The van der Waals surface area contributed by atoms with Crippen molar-refractivity contribution in [2.24, 2.45) is 0 Å². The van der Waals surface area contributed by atoms with E-state index in [-0.39, 0.29) is 0 Å². The van der Waals surface area contributed by atoms with E-state index < -0.39 is 0 Å². The van der Waals surface area contributed by atoms with Gasteiger partial charge in [-0.25, -0.2) is 0 Å². The lowest BCUT2D eigenvalue weighted by molar-refractivity contribution is 0.133. The highest BCUT2D eigenvalue weighted by Crippen LogP contribution is 2.14. The standard InChI is InChI=1S/C16H26N2O/c1-4-15-11-17-13(2)12-18(15)10-9-14-5-7-16(19-3)8-6-14/h5-8,13,15,17H,4,9-12H2,1-3H3. The van der Waals surface area contributed by atoms with Gasteiger partial charge in [0.2, 0.25) is 0 Å². The molecule has 1 fully saturated rings. The van der Waals surface area contributed by atoms with Crippen molar-refractivity contribution in [2.45, 2.75) is 38.8 Å². The number of hydrogen-bond acceptors (Lipinski definition) is 3. The highest BCUT2D eigenvalue weighted by Gasteiger charge is 2.23. The first-order chi connectivity index (χ1) is 9.22. The number of benzene rings is 1. The minimum absolute atomic E-state index is 0.610. The minimum atomic E-state index is 0.610. The van der Waals surface area contributed by atoms with Crippen molar-refractivity contribution in [1.29, 1.82) is 0 Å². The normalized spacial score (nSPS) is 24.4. The molecule has 0 aromatic heterocycles. The van der Waals surface area contributed by atoms with E-state index in [1.807, 2.05) is 12.1 Å². The molecule has 1 aliphatic heterocycles. The number of ether oxygens (including phenoxy) is 1. The van der Waals surface area contributed by atoms with Gasteiger partial charge in [-0.3, -0.25) is 4.90 Å². The van der Waals surface area contributed by atoms with E-state index >= 15 is 0 Å². The van der Waals surface area contributed by atoms with Crippen LogP contribution >= 0.6 is 0 Å². The lowest BCUT2D eigenvalue weighted by Crippen LogP contribution is -2.55. The van der Waals surface area contributed by atoms with Crippen molar-refractivity contribution in [3.63, 3.8) is 0 Å². The van der Waals surface area contributed by atoms with Crippen LogP contribution in [0.15, 0.2) is 24.3 Å². The fraction of sp³-hybridized carbons (Fsp3) is 0.625. The Bertz CT molecular complexity index is 377. The Balaban J connectivity index is 1.88. The number of nitrogens with one attached hydrogen (secondary N) is 1. The van der Waals surface area contributed by atoms with Gasteiger partial charge in [0.05, 0.1) is 7.11 Å². The van der Waals surface area contributed by atoms with Crippen LogP contribution in [0.25, 0.3) is 0 Å². The maximum Gasteiger partial charge on any atom is 0.118 e. The summed E-state index contributed by atoms with van der Waals surface area (Å²) in [6, 6.07) is 9.74. The third kappa shape index (κ3) is 3.95. The summed E-state index contributed by atoms with van der Waals surface area (Å²) in [6.07, 6.45) is 2.34. The molecule has 0 radical (unpaired) electrons. The Kier molecular flexibility index (Phi) is 5.23. The summed E-state index contributed by atoms with van der Waals surface area (Å²) >= 11 is 0. The molecule has 2 unspecified atom stereocenters. The highest BCUT2D eigenvalue weighted by atomic mass is 16.5. The van der Waals surface area contributed by atoms with Gasteiger partial charge in [-0.2, -0.15) is 0 Å². The van der Waals surface area contributed by atoms with Crippen molar-refractivity contribution in [3.05, 3.63) is 29.8 Å². The van der Waals surface area contributed by atoms with Gasteiger partial charge < -0.3 is 10.1 Å². The van der Waals surface area contributed by atoms with E-state index in [4.69, 9.17) is 4.74 Å². The molecule has 0 spiro atoms. The molecule has 0 amide bonds. The molecule has 0 aliphatic carbocycles. The number of piperazine rings is 1. The Hall–Kier alpha value is -1.06. The largest absolute Gasteiger partial charge is 0.497 e. The Morgan fingerprint density at radius 2 is 2.05 bits per heavy atom. The van der Waals surface area contributed by atoms with E-state index in [0.717, 1.165) is 31.8 Å². The second-order valence-corrected chi connectivity index (χ2v) is 5.46. The molecule has 1 heterocycles. The minimum Gasteiger partial charge on any atom is -0.497 e. The predicted octanol–water partition coefficient (Wildman–Crippen LogP) is 2.31. The molecule has 1 saturated heterocycles. The van der Waals surface area contributed by atoms with Crippen LogP contribution in [0.4, 0.5) is 0 Å². The van der Waals surface area contributed by atoms with Crippen LogP contribution in [0.5, 0.6) is 5.75 Å². The van der Waals surface area contributed by atoms with Gasteiger partial charge in [-0.05, 0) is 37.5 Å². The predicted molar refractivity (Wildman–Crippen MR) is 79.8 cm³/mol. The molecule has 1 aromatic rings. The van der Waals surface area contributed by atoms with Crippen LogP contribution in [0, 0.1) is 0 Å². The number of hydrogen-bond donors (Lipinski definition) is 1. The Labute approximate surface area is 116 Å². The summed E-state index contributed by atoms with van der Waals surface area (Å²) in [6.45, 7) is 7.99. The molecular weight excluding hydrogens is 236 g/mol. The lowest BCUT2D eigenvalue weighted by Gasteiger charge is -2.39. The average Bonchev–Trinajstić information content (AvgIpc) is 2.46. The van der Waals surface area contributed by atoms with E-state index in [0.29, 0.717) is 12.1 Å². The molecule has 19 heavy (non-hydrogen) atoms. The van der Waals surface area contributed by atoms with E-state index in [1.54, 1.807) is 7.11 Å². The van der Waals surface area contributed by atoms with Crippen LogP contribution in [-0.2, 0) is 6.42 Å². The van der Waals surface area contributed by atoms with E-state index in [2.05, 4.69) is 36.2 Å². The van der Waals surface area contributed by atoms with Crippen molar-refractivity contribution < 1.29 is 4.74 Å². The van der Waals surface area contributed by atoms with Crippen molar-refractivity contribution in [3.8, 4) is 5.75 Å². The maximum atomic E-state index is 5.19. The first kappa shape index (κ1) is 14.4. The molecule has 0 saturated carbocycles. The zero-order chi connectivity index (χ0) is 13.7. The van der Waals surface area contributed by atoms with Crippen LogP contribution in [0.2, 0.25) is 0 Å². The molecule has 1 aliphatic rings. The molecule has 106 valence electrons. The summed E-state index contributed by atoms with van der Waals surface area (Å²) in [5.41, 5.74) is 1.39. The third-order valence-corrected chi connectivity index (χ3v) is 4.04. The van der Waals surface area contributed by atoms with Crippen molar-refractivity contribution in [2.75, 3.05) is 26.7 Å². The SMILES string of the molecule is CCC1CNC(C)CN1CCc1ccc(OC)cc1. The lowest BCUT2D eigenvalue weighted by atomic mass is 10.1. The van der Waals surface area contributed by atoms with Gasteiger partial charge in [0.15, 0.2) is 0 Å². The molecule has 1 N–H and O–H groups in total. The van der Waals surface area contributed by atoms with E-state index in [9.17, 15) is 0 Å². The fourth-order valence-corrected chi connectivity index (χ4v) is 2.77. The molecule has 1 aromatic carbocycles. The van der Waals surface area contributed by atoms with Gasteiger partial charge in [-0.15, -0.1) is 0 Å². The Morgan fingerprint density at radius 3 is 2.68 bits per heavy atom. The molecule has 2 atom stereocenters. The average molecular weight is 262 g/mol. The maximum absolute atomic E-state index is 5.19. The summed E-state index contributed by atoms with van der Waals surface area (Å²) < 4.78 is 5.19. The van der Waals surface area contributed by atoms with Crippen LogP contribution < -0.4 is 10.1 Å². The monoisotopic (exact) mass is 262 g/mol. The summed E-state index contributed by atoms with van der Waals surface area (Å²) in [7, 11) is 1.71. The number of nitrogens with zero attached hydrogens (tertiary/aromatic N) is 1. The van der Waals surface area contributed by atoms with Crippen LogP contribution in [0.3, 0.4) is 0 Å². The fourth-order valence-electron chi connectivity index (χ4n) is 2.77. The molecule has 0 bridgehead atoms. The van der Waals surface area contributed by atoms with Crippen molar-refractivity contribution >= 4 is 0 Å². The zero-order valence-electron chi connectivity index (χ0n) is 12.4. The molecule has 2 rings (SSSR count). The van der Waals surface area contributed by atoms with Crippen LogP contribution in [-0.4, -0.2) is 43.7 Å². The number of methoxy groups -OCH3 is 1. The first-order valence-corrected chi connectivity index (χ1v) is 7.33. The van der Waals surface area contributed by atoms with Crippen molar-refractivity contribution in [1.82, 2.24) is 10.2 Å². The zero-order valence-corrected chi connectivity index (χ0v) is 12.4. The third-order valence-electron chi connectivity index (χ3n) is 4.04. The smallest absolute Gasteiger partial charge is 0.118 e. The first-order valence-electron chi connectivity index (χ1n) is 7.33. The molecular formula is C16H26N2O. The molecule has 3 heteroatoms. The van der Waals surface area contributed by atoms with Gasteiger partial charge in [0.25, 0.3) is 0 Å².